The van der Waals surface area contributed by atoms with Crippen molar-refractivity contribution in [1.29, 1.82) is 0 Å². The molecule has 0 amide bonds. The molecule has 1 heterocycles. The molecule has 0 aliphatic carbocycles. The molecule has 0 atom stereocenters. The van der Waals surface area contributed by atoms with Crippen LogP contribution in [0.1, 0.15) is 25.1 Å². The number of nitrogens with one attached hydrogen (secondary N) is 1. The largest absolute Gasteiger partial charge is 0.310 e. The number of para-hydroxylation sites is 1. The average molecular weight is 298 g/mol. The van der Waals surface area contributed by atoms with Gasteiger partial charge >= 0.3 is 0 Å². The number of aromatic nitrogens is 2. The zero-order chi connectivity index (χ0) is 14.0. The van der Waals surface area contributed by atoms with Crippen LogP contribution < -0.4 is 5.32 Å². The van der Waals surface area contributed by atoms with Crippen LogP contribution >= 0.6 is 23.2 Å². The van der Waals surface area contributed by atoms with Crippen molar-refractivity contribution in [2.75, 3.05) is 0 Å². The third kappa shape index (κ3) is 3.30. The Kier molecular flexibility index (Phi) is 4.50. The van der Waals surface area contributed by atoms with E-state index in [9.17, 15) is 0 Å². The van der Waals surface area contributed by atoms with Crippen LogP contribution in [0.5, 0.6) is 0 Å². The predicted octanol–water partition coefficient (Wildman–Crippen LogP) is 3.99. The quantitative estimate of drug-likeness (QED) is 0.925. The van der Waals surface area contributed by atoms with E-state index in [1.54, 1.807) is 10.9 Å². The molecule has 2 aromatic rings. The van der Waals surface area contributed by atoms with Gasteiger partial charge in [0.15, 0.2) is 0 Å². The van der Waals surface area contributed by atoms with Gasteiger partial charge in [-0.3, -0.25) is 0 Å². The zero-order valence-electron chi connectivity index (χ0n) is 11.2. The molecule has 5 heteroatoms. The molecule has 0 aliphatic rings. The van der Waals surface area contributed by atoms with Crippen molar-refractivity contribution in [2.24, 2.45) is 0 Å². The number of benzene rings is 1. The molecule has 0 radical (unpaired) electrons. The summed E-state index contributed by atoms with van der Waals surface area (Å²) in [6, 6.07) is 6.26. The van der Waals surface area contributed by atoms with Crippen molar-refractivity contribution in [2.45, 2.75) is 33.4 Å². The van der Waals surface area contributed by atoms with Crippen LogP contribution in [0.3, 0.4) is 0 Å². The molecule has 2 rings (SSSR count). The summed E-state index contributed by atoms with van der Waals surface area (Å²) in [7, 11) is 0. The van der Waals surface area contributed by atoms with E-state index in [2.05, 4.69) is 24.3 Å². The van der Waals surface area contributed by atoms with Crippen LogP contribution in [0, 0.1) is 6.92 Å². The smallest absolute Gasteiger partial charge is 0.0877 e. The number of nitrogens with zero attached hydrogens (tertiary/aromatic N) is 2. The highest BCUT2D eigenvalue weighted by molar-refractivity contribution is 6.32. The Labute approximate surface area is 123 Å². The normalized spacial score (nSPS) is 11.3. The second kappa shape index (κ2) is 5.95. The Balaban J connectivity index is 2.42. The minimum Gasteiger partial charge on any atom is -0.310 e. The van der Waals surface area contributed by atoms with Crippen molar-refractivity contribution in [3.63, 3.8) is 0 Å². The van der Waals surface area contributed by atoms with Crippen molar-refractivity contribution in [3.05, 3.63) is 45.7 Å². The van der Waals surface area contributed by atoms with Gasteiger partial charge in [-0.25, -0.2) is 4.68 Å². The Hall–Kier alpha value is -1.03. The Morgan fingerprint density at radius 3 is 2.58 bits per heavy atom. The van der Waals surface area contributed by atoms with Crippen molar-refractivity contribution in [1.82, 2.24) is 15.1 Å². The topological polar surface area (TPSA) is 29.9 Å². The van der Waals surface area contributed by atoms with Crippen LogP contribution in [0.4, 0.5) is 0 Å². The van der Waals surface area contributed by atoms with E-state index < -0.39 is 0 Å². The summed E-state index contributed by atoms with van der Waals surface area (Å²) in [4.78, 5) is 0. The first-order valence-corrected chi connectivity index (χ1v) is 6.97. The molecule has 3 nitrogen and oxygen atoms in total. The van der Waals surface area contributed by atoms with Crippen molar-refractivity contribution >= 4 is 23.2 Å². The SMILES string of the molecule is Cc1nn(-c2c(Cl)cccc2CNC(C)C)cc1Cl. The van der Waals surface area contributed by atoms with Gasteiger partial charge in [0.1, 0.15) is 0 Å². The van der Waals surface area contributed by atoms with Crippen molar-refractivity contribution < 1.29 is 0 Å². The monoisotopic (exact) mass is 297 g/mol. The molecule has 0 unspecified atom stereocenters. The first-order chi connectivity index (χ1) is 8.99. The van der Waals surface area contributed by atoms with Crippen LogP contribution in [-0.2, 0) is 6.54 Å². The van der Waals surface area contributed by atoms with E-state index in [1.807, 2.05) is 25.1 Å². The van der Waals surface area contributed by atoms with E-state index in [0.717, 1.165) is 23.5 Å². The van der Waals surface area contributed by atoms with Crippen LogP contribution in [0.25, 0.3) is 5.69 Å². The fraction of sp³-hybridized carbons (Fsp3) is 0.357. The maximum absolute atomic E-state index is 6.31. The molecule has 0 fully saturated rings. The average Bonchev–Trinajstić information content (AvgIpc) is 2.66. The summed E-state index contributed by atoms with van der Waals surface area (Å²) in [6.07, 6.45) is 1.79. The third-order valence-electron chi connectivity index (χ3n) is 2.84. The van der Waals surface area contributed by atoms with Gasteiger partial charge in [0.25, 0.3) is 0 Å². The summed E-state index contributed by atoms with van der Waals surface area (Å²) in [5, 5.41) is 9.10. The summed E-state index contributed by atoms with van der Waals surface area (Å²) in [6.45, 7) is 6.84. The van der Waals surface area contributed by atoms with Gasteiger partial charge < -0.3 is 5.32 Å². The summed E-state index contributed by atoms with van der Waals surface area (Å²) in [5.41, 5.74) is 2.78. The molecule has 0 saturated carbocycles. The third-order valence-corrected chi connectivity index (χ3v) is 3.52. The van der Waals surface area contributed by atoms with Gasteiger partial charge in [-0.2, -0.15) is 5.10 Å². The highest BCUT2D eigenvalue weighted by Gasteiger charge is 2.12. The number of aryl methyl sites for hydroxylation is 1. The van der Waals surface area contributed by atoms with E-state index in [-0.39, 0.29) is 0 Å². The predicted molar refractivity (Wildman–Crippen MR) is 80.3 cm³/mol. The number of hydrogen-bond donors (Lipinski definition) is 1. The van der Waals surface area contributed by atoms with Gasteiger partial charge in [0, 0.05) is 18.8 Å². The van der Waals surface area contributed by atoms with Crippen LogP contribution in [0.15, 0.2) is 24.4 Å². The van der Waals surface area contributed by atoms with Gasteiger partial charge in [-0.15, -0.1) is 0 Å². The molecule has 0 aliphatic heterocycles. The summed E-state index contributed by atoms with van der Waals surface area (Å²) >= 11 is 12.4. The fourth-order valence-electron chi connectivity index (χ4n) is 1.83. The van der Waals surface area contributed by atoms with Gasteiger partial charge in [0.2, 0.25) is 0 Å². The summed E-state index contributed by atoms with van der Waals surface area (Å²) in [5.74, 6) is 0. The Morgan fingerprint density at radius 1 is 1.26 bits per heavy atom. The van der Waals surface area contributed by atoms with Gasteiger partial charge in [-0.05, 0) is 18.6 Å². The number of rotatable bonds is 4. The lowest BCUT2D eigenvalue weighted by molar-refractivity contribution is 0.586. The van der Waals surface area contributed by atoms with E-state index in [0.29, 0.717) is 16.1 Å². The standard InChI is InChI=1S/C14H17Cl2N3/c1-9(2)17-7-11-5-4-6-12(15)14(11)19-8-13(16)10(3)18-19/h4-6,8-9,17H,7H2,1-3H3. The molecule has 19 heavy (non-hydrogen) atoms. The molecule has 0 spiro atoms. The first kappa shape index (κ1) is 14.4. The molecule has 1 aromatic heterocycles. The van der Waals surface area contributed by atoms with E-state index >= 15 is 0 Å². The van der Waals surface area contributed by atoms with Crippen molar-refractivity contribution in [3.8, 4) is 5.69 Å². The molecule has 1 N–H and O–H groups in total. The van der Waals surface area contributed by atoms with Crippen LogP contribution in [0.2, 0.25) is 10.0 Å². The molecular weight excluding hydrogens is 281 g/mol. The maximum atomic E-state index is 6.31. The number of halogens is 2. The lowest BCUT2D eigenvalue weighted by atomic mass is 10.1. The molecule has 1 aromatic carbocycles. The van der Waals surface area contributed by atoms with E-state index in [1.165, 1.54) is 0 Å². The highest BCUT2D eigenvalue weighted by Crippen LogP contribution is 2.26. The Bertz CT molecular complexity index is 557. The highest BCUT2D eigenvalue weighted by atomic mass is 35.5. The maximum Gasteiger partial charge on any atom is 0.0877 e. The minimum absolute atomic E-state index is 0.412. The fourth-order valence-corrected chi connectivity index (χ4v) is 2.24. The second-order valence-electron chi connectivity index (χ2n) is 4.79. The van der Waals surface area contributed by atoms with Gasteiger partial charge in [-0.1, -0.05) is 49.2 Å². The molecule has 0 saturated heterocycles. The minimum atomic E-state index is 0.412. The van der Waals surface area contributed by atoms with Gasteiger partial charge in [0.05, 0.1) is 21.4 Å². The molecule has 102 valence electrons. The second-order valence-corrected chi connectivity index (χ2v) is 5.60. The molecular formula is C14H17Cl2N3. The number of hydrogen-bond acceptors (Lipinski definition) is 2. The zero-order valence-corrected chi connectivity index (χ0v) is 12.8. The Morgan fingerprint density at radius 2 is 2.00 bits per heavy atom. The van der Waals surface area contributed by atoms with Crippen LogP contribution in [-0.4, -0.2) is 15.8 Å². The lowest BCUT2D eigenvalue weighted by Crippen LogP contribution is -2.22. The van der Waals surface area contributed by atoms with E-state index in [4.69, 9.17) is 23.2 Å². The summed E-state index contributed by atoms with van der Waals surface area (Å²) < 4.78 is 1.75. The lowest BCUT2D eigenvalue weighted by Gasteiger charge is -2.14. The molecule has 0 bridgehead atoms. The first-order valence-electron chi connectivity index (χ1n) is 6.22.